The van der Waals surface area contributed by atoms with E-state index in [4.69, 9.17) is 5.73 Å². The molecule has 0 saturated carbocycles. The van der Waals surface area contributed by atoms with Crippen LogP contribution in [0, 0.1) is 5.92 Å². The summed E-state index contributed by atoms with van der Waals surface area (Å²) in [5.41, 5.74) is 9.25. The first-order valence-electron chi connectivity index (χ1n) is 11.4. The van der Waals surface area contributed by atoms with E-state index in [1.807, 2.05) is 30.4 Å². The van der Waals surface area contributed by atoms with Crippen molar-refractivity contribution in [1.29, 1.82) is 0 Å². The van der Waals surface area contributed by atoms with Gasteiger partial charge in [-0.15, -0.1) is 0 Å². The van der Waals surface area contributed by atoms with Crippen LogP contribution in [0.5, 0.6) is 0 Å². The van der Waals surface area contributed by atoms with Crippen LogP contribution in [0.15, 0.2) is 59.8 Å². The van der Waals surface area contributed by atoms with Gasteiger partial charge in [-0.2, -0.15) is 0 Å². The number of fused-ring (bicyclic) bond motifs is 1. The smallest absolute Gasteiger partial charge is 0.227 e. The zero-order valence-electron chi connectivity index (χ0n) is 19.0. The molecule has 2 aromatic carbocycles. The first kappa shape index (κ1) is 23.4. The average molecular weight is 507 g/mol. The Hall–Kier alpha value is -3.34. The van der Waals surface area contributed by atoms with Crippen LogP contribution in [0.2, 0.25) is 0 Å². The van der Waals surface area contributed by atoms with Crippen molar-refractivity contribution in [3.05, 3.63) is 66.0 Å². The van der Waals surface area contributed by atoms with E-state index in [0.717, 1.165) is 53.0 Å². The second-order valence-electron chi connectivity index (χ2n) is 8.60. The van der Waals surface area contributed by atoms with E-state index >= 15 is 0 Å². The van der Waals surface area contributed by atoms with Crippen LogP contribution in [-0.2, 0) is 9.84 Å². The SMILES string of the molecule is Nc1nc2cc(C=Cc3cnc(Nc4ccc(S(=O)(=O)CC5CCCNC5)cc4)nc3)ccc2s1. The van der Waals surface area contributed by atoms with Gasteiger partial charge in [0.15, 0.2) is 15.0 Å². The van der Waals surface area contributed by atoms with Crippen molar-refractivity contribution >= 4 is 60.3 Å². The van der Waals surface area contributed by atoms with Crippen LogP contribution >= 0.6 is 11.3 Å². The molecule has 3 heterocycles. The number of rotatable bonds is 7. The van der Waals surface area contributed by atoms with Crippen molar-refractivity contribution in [2.24, 2.45) is 5.92 Å². The monoisotopic (exact) mass is 506 g/mol. The molecule has 10 heteroatoms. The number of nitrogen functional groups attached to an aromatic ring is 1. The number of thiazole rings is 1. The van der Waals surface area contributed by atoms with Crippen molar-refractivity contribution < 1.29 is 8.42 Å². The standard InChI is InChI=1S/C25H26N6O2S2/c26-24-31-22-12-17(5-10-23(22)34-24)3-4-18-14-28-25(29-15-18)30-20-6-8-21(9-7-20)35(32,33)16-19-2-1-11-27-13-19/h3-10,12,14-15,19,27H,1-2,11,13,16H2,(H2,26,31)(H,28,29,30). The third-order valence-corrected chi connectivity index (χ3v) is 8.66. The van der Waals surface area contributed by atoms with E-state index in [9.17, 15) is 8.42 Å². The highest BCUT2D eigenvalue weighted by molar-refractivity contribution is 7.91. The zero-order chi connectivity index (χ0) is 24.3. The molecule has 35 heavy (non-hydrogen) atoms. The van der Waals surface area contributed by atoms with Gasteiger partial charge >= 0.3 is 0 Å². The molecule has 1 aliphatic heterocycles. The minimum atomic E-state index is -3.31. The third kappa shape index (κ3) is 5.84. The molecular weight excluding hydrogens is 480 g/mol. The topological polar surface area (TPSA) is 123 Å². The van der Waals surface area contributed by atoms with Gasteiger partial charge in [0, 0.05) is 23.6 Å². The predicted octanol–water partition coefficient (Wildman–Crippen LogP) is 4.36. The van der Waals surface area contributed by atoms with Gasteiger partial charge in [-0.25, -0.2) is 23.4 Å². The maximum atomic E-state index is 12.7. The summed E-state index contributed by atoms with van der Waals surface area (Å²) in [6.45, 7) is 1.73. The van der Waals surface area contributed by atoms with Crippen molar-refractivity contribution in [1.82, 2.24) is 20.3 Å². The van der Waals surface area contributed by atoms with Gasteiger partial charge in [-0.1, -0.05) is 29.6 Å². The van der Waals surface area contributed by atoms with Gasteiger partial charge in [0.25, 0.3) is 0 Å². The second-order valence-corrected chi connectivity index (χ2v) is 11.7. The number of anilines is 3. The van der Waals surface area contributed by atoms with E-state index in [0.29, 0.717) is 16.0 Å². The lowest BCUT2D eigenvalue weighted by Gasteiger charge is -2.22. The summed E-state index contributed by atoms with van der Waals surface area (Å²) >= 11 is 1.47. The molecule has 180 valence electrons. The summed E-state index contributed by atoms with van der Waals surface area (Å²) in [4.78, 5) is 13.4. The number of nitrogens with one attached hydrogen (secondary N) is 2. The molecule has 4 N–H and O–H groups in total. The quantitative estimate of drug-likeness (QED) is 0.338. The van der Waals surface area contributed by atoms with Gasteiger partial charge in [-0.3, -0.25) is 0 Å². The molecule has 1 aliphatic rings. The highest BCUT2D eigenvalue weighted by atomic mass is 32.2. The largest absolute Gasteiger partial charge is 0.375 e. The number of hydrogen-bond acceptors (Lipinski definition) is 9. The molecule has 1 unspecified atom stereocenters. The normalized spacial score (nSPS) is 16.6. The van der Waals surface area contributed by atoms with Crippen LogP contribution < -0.4 is 16.4 Å². The summed E-state index contributed by atoms with van der Waals surface area (Å²) in [5, 5.41) is 6.95. The van der Waals surface area contributed by atoms with Gasteiger partial charge < -0.3 is 16.4 Å². The van der Waals surface area contributed by atoms with Crippen molar-refractivity contribution in [2.45, 2.75) is 17.7 Å². The summed E-state index contributed by atoms with van der Waals surface area (Å²) < 4.78 is 26.6. The molecule has 1 atom stereocenters. The molecule has 0 spiro atoms. The van der Waals surface area contributed by atoms with Crippen molar-refractivity contribution in [3.63, 3.8) is 0 Å². The van der Waals surface area contributed by atoms with E-state index in [2.05, 4.69) is 25.6 Å². The van der Waals surface area contributed by atoms with Gasteiger partial charge in [-0.05, 0) is 73.8 Å². The maximum absolute atomic E-state index is 12.7. The van der Waals surface area contributed by atoms with Crippen LogP contribution in [0.4, 0.5) is 16.8 Å². The molecule has 0 bridgehead atoms. The lowest BCUT2D eigenvalue weighted by atomic mass is 10.0. The molecule has 0 aliphatic carbocycles. The Balaban J connectivity index is 1.20. The van der Waals surface area contributed by atoms with E-state index in [1.165, 1.54) is 11.3 Å². The van der Waals surface area contributed by atoms with Crippen LogP contribution in [-0.4, -0.2) is 42.2 Å². The number of nitrogens with two attached hydrogens (primary N) is 1. The number of aromatic nitrogens is 3. The van der Waals surface area contributed by atoms with E-state index < -0.39 is 9.84 Å². The minimum absolute atomic E-state index is 0.168. The van der Waals surface area contributed by atoms with Crippen LogP contribution in [0.3, 0.4) is 0 Å². The number of benzene rings is 2. The first-order chi connectivity index (χ1) is 16.9. The summed E-state index contributed by atoms with van der Waals surface area (Å²) in [7, 11) is -3.31. The highest BCUT2D eigenvalue weighted by Gasteiger charge is 2.22. The Morgan fingerprint density at radius 3 is 2.60 bits per heavy atom. The Bertz CT molecular complexity index is 1440. The molecule has 1 saturated heterocycles. The Morgan fingerprint density at radius 2 is 1.86 bits per heavy atom. The number of nitrogens with zero attached hydrogens (tertiary/aromatic N) is 3. The molecule has 4 aromatic rings. The molecule has 5 rings (SSSR count). The Labute approximate surface area is 208 Å². The van der Waals surface area contributed by atoms with Gasteiger partial charge in [0.1, 0.15) is 0 Å². The predicted molar refractivity (Wildman–Crippen MR) is 142 cm³/mol. The van der Waals surface area contributed by atoms with Crippen molar-refractivity contribution in [2.75, 3.05) is 29.9 Å². The fourth-order valence-electron chi connectivity index (χ4n) is 4.09. The molecule has 0 amide bonds. The zero-order valence-corrected chi connectivity index (χ0v) is 20.6. The lowest BCUT2D eigenvalue weighted by molar-refractivity contribution is 0.404. The van der Waals surface area contributed by atoms with Crippen molar-refractivity contribution in [3.8, 4) is 0 Å². The van der Waals surface area contributed by atoms with Gasteiger partial charge in [0.2, 0.25) is 5.95 Å². The maximum Gasteiger partial charge on any atom is 0.227 e. The molecule has 0 radical (unpaired) electrons. The Kier molecular flexibility index (Phi) is 6.76. The fourth-order valence-corrected chi connectivity index (χ4v) is 6.46. The second kappa shape index (κ2) is 10.1. The highest BCUT2D eigenvalue weighted by Crippen LogP contribution is 2.25. The molecular formula is C25H26N6O2S2. The number of sulfone groups is 1. The summed E-state index contributed by atoms with van der Waals surface area (Å²) in [5.74, 6) is 0.781. The van der Waals surface area contributed by atoms with Crippen LogP contribution in [0.25, 0.3) is 22.4 Å². The van der Waals surface area contributed by atoms with Gasteiger partial charge in [0.05, 0.1) is 20.9 Å². The average Bonchev–Trinajstić information content (AvgIpc) is 3.23. The fraction of sp³-hybridized carbons (Fsp3) is 0.240. The lowest BCUT2D eigenvalue weighted by Crippen LogP contribution is -2.33. The minimum Gasteiger partial charge on any atom is -0.375 e. The van der Waals surface area contributed by atoms with Crippen LogP contribution in [0.1, 0.15) is 24.0 Å². The van der Waals surface area contributed by atoms with E-state index in [1.54, 1.807) is 36.7 Å². The Morgan fingerprint density at radius 1 is 1.09 bits per heavy atom. The first-order valence-corrected chi connectivity index (χ1v) is 13.9. The molecule has 1 fully saturated rings. The number of piperidine rings is 1. The third-order valence-electron chi connectivity index (χ3n) is 5.89. The molecule has 8 nitrogen and oxygen atoms in total. The summed E-state index contributed by atoms with van der Waals surface area (Å²) in [6, 6.07) is 12.8. The molecule has 2 aromatic heterocycles. The van der Waals surface area contributed by atoms with E-state index in [-0.39, 0.29) is 11.7 Å². The number of hydrogen-bond donors (Lipinski definition) is 3. The summed E-state index contributed by atoms with van der Waals surface area (Å²) in [6.07, 6.45) is 9.33.